The van der Waals surface area contributed by atoms with Crippen LogP contribution < -0.4 is 20.0 Å². The summed E-state index contributed by atoms with van der Waals surface area (Å²) in [6.07, 6.45) is 0.688. The van der Waals surface area contributed by atoms with Crippen molar-refractivity contribution >= 4 is 11.7 Å². The topological polar surface area (TPSA) is 103 Å². The number of fused-ring (bicyclic) bond motifs is 1. The molecule has 0 bridgehead atoms. The van der Waals surface area contributed by atoms with Crippen molar-refractivity contribution in [1.29, 1.82) is 0 Å². The van der Waals surface area contributed by atoms with Crippen LogP contribution in [0.5, 0.6) is 11.5 Å². The van der Waals surface area contributed by atoms with E-state index in [4.69, 9.17) is 14.2 Å². The van der Waals surface area contributed by atoms with Crippen molar-refractivity contribution < 1.29 is 24.2 Å². The number of ether oxygens (including phenoxy) is 3. The second-order valence-electron chi connectivity index (χ2n) is 5.07. The highest BCUT2D eigenvalue weighted by atomic mass is 16.8. The van der Waals surface area contributed by atoms with E-state index in [-0.39, 0.29) is 35.7 Å². The molecule has 1 unspecified atom stereocenters. The predicted molar refractivity (Wildman–Crippen MR) is 82.9 cm³/mol. The van der Waals surface area contributed by atoms with Crippen LogP contribution in [0.25, 0.3) is 0 Å². The van der Waals surface area contributed by atoms with E-state index in [0.717, 1.165) is 5.56 Å². The fourth-order valence-corrected chi connectivity index (χ4v) is 2.87. The standard InChI is InChI=1S/C15H21N2O6/c1-4-23-12(18)8-10-13-9(5-6-16-10)7-11(21-2)15(22-3)14(13)17(19)20/h7,10,16,19H,4-6,8H2,1-3H3/q-1. The number of benzene rings is 1. The summed E-state index contributed by atoms with van der Waals surface area (Å²) in [5, 5.41) is 24.2. The number of nitrogens with zero attached hydrogens (tertiary/aromatic N) is 1. The lowest BCUT2D eigenvalue weighted by atomic mass is 9.90. The van der Waals surface area contributed by atoms with Crippen molar-refractivity contribution in [3.63, 3.8) is 0 Å². The number of carbonyl (C=O) groups excluding carboxylic acids is 1. The van der Waals surface area contributed by atoms with Gasteiger partial charge in [0.2, 0.25) is 0 Å². The molecule has 8 heteroatoms. The number of hydrogen-bond donors (Lipinski definition) is 2. The number of rotatable bonds is 6. The van der Waals surface area contributed by atoms with Gasteiger partial charge in [-0.3, -0.25) is 10.0 Å². The highest BCUT2D eigenvalue weighted by Crippen LogP contribution is 2.46. The highest BCUT2D eigenvalue weighted by Gasteiger charge is 2.30. The summed E-state index contributed by atoms with van der Waals surface area (Å²) in [5.74, 6) is 0.100. The van der Waals surface area contributed by atoms with Crippen LogP contribution in [0.3, 0.4) is 0 Å². The SMILES string of the molecule is CCOC(=O)CC1NCCc2cc(OC)c(OC)c(N([O-])O)c21. The minimum atomic E-state index is -0.448. The molecule has 0 amide bonds. The van der Waals surface area contributed by atoms with Gasteiger partial charge in [-0.2, -0.15) is 0 Å². The minimum absolute atomic E-state index is 0.0525. The molecule has 1 aliphatic rings. The average molecular weight is 325 g/mol. The molecule has 23 heavy (non-hydrogen) atoms. The first kappa shape index (κ1) is 17.3. The van der Waals surface area contributed by atoms with Crippen LogP contribution in [0.2, 0.25) is 0 Å². The third-order valence-corrected chi connectivity index (χ3v) is 3.77. The molecule has 0 aromatic heterocycles. The van der Waals surface area contributed by atoms with E-state index in [2.05, 4.69) is 5.32 Å². The molecule has 2 N–H and O–H groups in total. The Balaban J connectivity index is 2.52. The normalized spacial score (nSPS) is 16.5. The summed E-state index contributed by atoms with van der Waals surface area (Å²) in [6, 6.07) is 1.32. The summed E-state index contributed by atoms with van der Waals surface area (Å²) in [4.78, 5) is 11.8. The third kappa shape index (κ3) is 3.49. The summed E-state index contributed by atoms with van der Waals surface area (Å²) < 4.78 is 15.4. The Hall–Kier alpha value is -2.03. The van der Waals surface area contributed by atoms with Crippen molar-refractivity contribution in [2.24, 2.45) is 0 Å². The molecule has 0 aliphatic carbocycles. The van der Waals surface area contributed by atoms with Crippen LogP contribution in [0.4, 0.5) is 5.69 Å². The van der Waals surface area contributed by atoms with Crippen LogP contribution in [0, 0.1) is 5.21 Å². The smallest absolute Gasteiger partial charge is 0.307 e. The largest absolute Gasteiger partial charge is 0.733 e. The molecule has 1 heterocycles. The maximum Gasteiger partial charge on any atom is 0.307 e. The predicted octanol–water partition coefficient (Wildman–Crippen LogP) is 1.54. The quantitative estimate of drug-likeness (QED) is 0.599. The number of nitrogens with one attached hydrogen (secondary N) is 1. The fraction of sp³-hybridized carbons (Fsp3) is 0.533. The van der Waals surface area contributed by atoms with Crippen molar-refractivity contribution in [1.82, 2.24) is 5.32 Å². The Bertz CT molecular complexity index is 576. The maximum atomic E-state index is 11.8. The van der Waals surface area contributed by atoms with E-state index in [1.54, 1.807) is 13.0 Å². The van der Waals surface area contributed by atoms with E-state index in [1.807, 2.05) is 0 Å². The van der Waals surface area contributed by atoms with Crippen molar-refractivity contribution in [2.75, 3.05) is 32.6 Å². The first-order valence-electron chi connectivity index (χ1n) is 7.36. The molecule has 0 fully saturated rings. The van der Waals surface area contributed by atoms with Gasteiger partial charge in [-0.15, -0.1) is 0 Å². The summed E-state index contributed by atoms with van der Waals surface area (Å²) in [5.41, 5.74) is 1.29. The first-order valence-corrected chi connectivity index (χ1v) is 7.36. The molecule has 1 aliphatic heterocycles. The fourth-order valence-electron chi connectivity index (χ4n) is 2.87. The van der Waals surface area contributed by atoms with E-state index < -0.39 is 6.04 Å². The van der Waals surface area contributed by atoms with Gasteiger partial charge in [-0.1, -0.05) is 0 Å². The minimum Gasteiger partial charge on any atom is -0.733 e. The Kier molecular flexibility index (Phi) is 5.64. The first-order chi connectivity index (χ1) is 11.0. The maximum absolute atomic E-state index is 11.8. The second kappa shape index (κ2) is 7.49. The number of hydrogen-bond acceptors (Lipinski definition) is 8. The van der Waals surface area contributed by atoms with Crippen LogP contribution in [0.1, 0.15) is 30.5 Å². The second-order valence-corrected chi connectivity index (χ2v) is 5.07. The Labute approximate surface area is 134 Å². The number of anilines is 1. The molecule has 0 saturated heterocycles. The van der Waals surface area contributed by atoms with Gasteiger partial charge in [0.15, 0.2) is 11.5 Å². The lowest BCUT2D eigenvalue weighted by Gasteiger charge is -2.35. The summed E-state index contributed by atoms with van der Waals surface area (Å²) >= 11 is 0. The van der Waals surface area contributed by atoms with Gasteiger partial charge in [0.25, 0.3) is 0 Å². The monoisotopic (exact) mass is 325 g/mol. The van der Waals surface area contributed by atoms with Crippen LogP contribution >= 0.6 is 0 Å². The van der Waals surface area contributed by atoms with E-state index in [0.29, 0.717) is 24.3 Å². The lowest BCUT2D eigenvalue weighted by molar-refractivity contribution is -0.143. The van der Waals surface area contributed by atoms with E-state index >= 15 is 0 Å². The molecule has 0 radical (unpaired) electrons. The molecule has 1 atom stereocenters. The van der Waals surface area contributed by atoms with Gasteiger partial charge in [0.05, 0.1) is 27.2 Å². The Morgan fingerprint density at radius 3 is 2.78 bits per heavy atom. The molecular weight excluding hydrogens is 304 g/mol. The summed E-state index contributed by atoms with van der Waals surface area (Å²) in [6.45, 7) is 2.65. The number of carbonyl (C=O) groups is 1. The number of methoxy groups -OCH3 is 2. The zero-order chi connectivity index (χ0) is 17.0. The van der Waals surface area contributed by atoms with Crippen molar-refractivity contribution in [3.8, 4) is 11.5 Å². The summed E-state index contributed by atoms with van der Waals surface area (Å²) in [7, 11) is 2.84. The van der Waals surface area contributed by atoms with Crippen LogP contribution in [0.15, 0.2) is 6.07 Å². The van der Waals surface area contributed by atoms with Crippen LogP contribution in [-0.2, 0) is 16.0 Å². The van der Waals surface area contributed by atoms with E-state index in [1.165, 1.54) is 14.2 Å². The van der Waals surface area contributed by atoms with E-state index in [9.17, 15) is 15.2 Å². The number of esters is 1. The molecular formula is C15H21N2O6-. The Morgan fingerprint density at radius 1 is 1.48 bits per heavy atom. The van der Waals surface area contributed by atoms with Gasteiger partial charge in [0.1, 0.15) is 5.69 Å². The average Bonchev–Trinajstić information content (AvgIpc) is 2.53. The molecule has 0 saturated carbocycles. The lowest BCUT2D eigenvalue weighted by Crippen LogP contribution is -2.33. The van der Waals surface area contributed by atoms with Crippen LogP contribution in [-0.4, -0.2) is 38.5 Å². The molecule has 8 nitrogen and oxygen atoms in total. The molecule has 1 aromatic carbocycles. The van der Waals surface area contributed by atoms with Crippen molar-refractivity contribution in [2.45, 2.75) is 25.8 Å². The third-order valence-electron chi connectivity index (χ3n) is 3.77. The molecule has 128 valence electrons. The molecule has 1 aromatic rings. The zero-order valence-electron chi connectivity index (χ0n) is 13.4. The zero-order valence-corrected chi connectivity index (χ0v) is 13.4. The Morgan fingerprint density at radius 2 is 2.22 bits per heavy atom. The van der Waals surface area contributed by atoms with Crippen molar-refractivity contribution in [3.05, 3.63) is 22.4 Å². The van der Waals surface area contributed by atoms with Gasteiger partial charge in [0, 0.05) is 11.6 Å². The van der Waals surface area contributed by atoms with Gasteiger partial charge >= 0.3 is 5.97 Å². The van der Waals surface area contributed by atoms with Gasteiger partial charge in [-0.05, 0) is 31.5 Å². The molecule has 2 rings (SSSR count). The highest BCUT2D eigenvalue weighted by molar-refractivity contribution is 5.75. The molecule has 0 spiro atoms. The van der Waals surface area contributed by atoms with Gasteiger partial charge in [-0.25, -0.2) is 0 Å². The van der Waals surface area contributed by atoms with Gasteiger partial charge < -0.3 is 30.0 Å².